The summed E-state index contributed by atoms with van der Waals surface area (Å²) in [4.78, 5) is 27.8. The third-order valence-electron chi connectivity index (χ3n) is 5.10. The first-order valence-corrected chi connectivity index (χ1v) is 10.1. The monoisotopic (exact) mass is 391 g/mol. The normalized spacial score (nSPS) is 16.3. The zero-order chi connectivity index (χ0) is 19.6. The van der Waals surface area contributed by atoms with Crippen LogP contribution >= 0.6 is 11.8 Å². The molecule has 0 aromatic carbocycles. The molecule has 0 bridgehead atoms. The number of nitrogens with one attached hydrogen (secondary N) is 1. The number of aromatic nitrogens is 3. The van der Waals surface area contributed by atoms with Crippen molar-refractivity contribution in [2.75, 3.05) is 7.11 Å². The highest BCUT2D eigenvalue weighted by molar-refractivity contribution is 8.00. The first-order valence-electron chi connectivity index (χ1n) is 9.24. The summed E-state index contributed by atoms with van der Waals surface area (Å²) in [5.41, 5.74) is 2.05. The third kappa shape index (κ3) is 4.10. The van der Waals surface area contributed by atoms with Gasteiger partial charge in [0.05, 0.1) is 23.6 Å². The number of aryl methyl sites for hydroxylation is 1. The summed E-state index contributed by atoms with van der Waals surface area (Å²) in [5, 5.41) is 8.26. The molecule has 7 nitrogen and oxygen atoms in total. The van der Waals surface area contributed by atoms with Crippen LogP contribution in [0.15, 0.2) is 9.64 Å². The van der Waals surface area contributed by atoms with Gasteiger partial charge in [-0.1, -0.05) is 31.0 Å². The van der Waals surface area contributed by atoms with Gasteiger partial charge in [0.25, 0.3) is 5.22 Å². The molecule has 0 radical (unpaired) electrons. The largest absolute Gasteiger partial charge is 0.465 e. The van der Waals surface area contributed by atoms with Gasteiger partial charge >= 0.3 is 5.97 Å². The standard InChI is InChI=1S/C19H25N3O4S/c1-10-14(18(24)25-4)11(2)20-15(10)16(23)12(3)27-19-22-21-17(26-19)13-8-6-5-7-9-13/h12-13,20H,5-9H2,1-4H3/t12-/m0/s1. The van der Waals surface area contributed by atoms with Crippen molar-refractivity contribution in [1.29, 1.82) is 0 Å². The predicted molar refractivity (Wildman–Crippen MR) is 101 cm³/mol. The molecular weight excluding hydrogens is 366 g/mol. The van der Waals surface area contributed by atoms with E-state index in [4.69, 9.17) is 9.15 Å². The summed E-state index contributed by atoms with van der Waals surface area (Å²) in [5.74, 6) is 0.446. The molecule has 2 aromatic heterocycles. The molecule has 1 fully saturated rings. The molecular formula is C19H25N3O4S. The van der Waals surface area contributed by atoms with Crippen LogP contribution in [0.4, 0.5) is 0 Å². The number of hydrogen-bond acceptors (Lipinski definition) is 7. The lowest BCUT2D eigenvalue weighted by molar-refractivity contribution is 0.0599. The van der Waals surface area contributed by atoms with Crippen LogP contribution in [-0.4, -0.2) is 39.3 Å². The summed E-state index contributed by atoms with van der Waals surface area (Å²) in [6.07, 6.45) is 5.81. The number of esters is 1. The maximum Gasteiger partial charge on any atom is 0.339 e. The van der Waals surface area contributed by atoms with Gasteiger partial charge in [0.2, 0.25) is 5.89 Å². The first kappa shape index (κ1) is 19.7. The lowest BCUT2D eigenvalue weighted by Gasteiger charge is -2.17. The van der Waals surface area contributed by atoms with E-state index >= 15 is 0 Å². The van der Waals surface area contributed by atoms with E-state index in [9.17, 15) is 9.59 Å². The van der Waals surface area contributed by atoms with E-state index in [1.807, 2.05) is 0 Å². The van der Waals surface area contributed by atoms with Crippen LogP contribution in [0.5, 0.6) is 0 Å². The highest BCUT2D eigenvalue weighted by Gasteiger charge is 2.28. The molecule has 1 atom stereocenters. The Morgan fingerprint density at radius 3 is 2.59 bits per heavy atom. The highest BCUT2D eigenvalue weighted by atomic mass is 32.2. The van der Waals surface area contributed by atoms with Crippen molar-refractivity contribution in [3.63, 3.8) is 0 Å². The zero-order valence-electron chi connectivity index (χ0n) is 16.1. The lowest BCUT2D eigenvalue weighted by atomic mass is 9.89. The van der Waals surface area contributed by atoms with Gasteiger partial charge in [0.15, 0.2) is 5.78 Å². The van der Waals surface area contributed by atoms with E-state index < -0.39 is 11.2 Å². The van der Waals surface area contributed by atoms with E-state index in [-0.39, 0.29) is 5.78 Å². The average molecular weight is 391 g/mol. The van der Waals surface area contributed by atoms with Crippen molar-refractivity contribution in [1.82, 2.24) is 15.2 Å². The van der Waals surface area contributed by atoms with E-state index in [1.165, 1.54) is 38.1 Å². The number of aromatic amines is 1. The Morgan fingerprint density at radius 1 is 1.22 bits per heavy atom. The number of rotatable bonds is 6. The summed E-state index contributed by atoms with van der Waals surface area (Å²) in [6, 6.07) is 0. The van der Waals surface area contributed by atoms with Gasteiger partial charge in [-0.3, -0.25) is 4.79 Å². The van der Waals surface area contributed by atoms with Crippen molar-refractivity contribution < 1.29 is 18.7 Å². The minimum absolute atomic E-state index is 0.117. The fourth-order valence-electron chi connectivity index (χ4n) is 3.60. The van der Waals surface area contributed by atoms with E-state index in [0.29, 0.717) is 39.5 Å². The number of nitrogens with zero attached hydrogens (tertiary/aromatic N) is 2. The fourth-order valence-corrected chi connectivity index (χ4v) is 4.34. The lowest BCUT2D eigenvalue weighted by Crippen LogP contribution is -2.15. The van der Waals surface area contributed by atoms with Crippen LogP contribution in [0.2, 0.25) is 0 Å². The van der Waals surface area contributed by atoms with Crippen LogP contribution in [0.25, 0.3) is 0 Å². The Morgan fingerprint density at radius 2 is 1.93 bits per heavy atom. The SMILES string of the molecule is COC(=O)c1c(C)[nH]c(C(=O)[C@H](C)Sc2nnc(C3CCCCC3)o2)c1C. The number of methoxy groups -OCH3 is 1. The molecule has 2 heterocycles. The number of thioether (sulfide) groups is 1. The first-order chi connectivity index (χ1) is 12.9. The molecule has 0 amide bonds. The molecule has 1 saturated carbocycles. The highest BCUT2D eigenvalue weighted by Crippen LogP contribution is 2.34. The third-order valence-corrected chi connectivity index (χ3v) is 6.03. The molecule has 3 rings (SSSR count). The Bertz CT molecular complexity index is 836. The molecule has 0 aliphatic heterocycles. The number of ether oxygens (including phenoxy) is 1. The molecule has 2 aromatic rings. The second-order valence-electron chi connectivity index (χ2n) is 6.98. The van der Waals surface area contributed by atoms with Crippen LogP contribution in [0.1, 0.15) is 82.9 Å². The van der Waals surface area contributed by atoms with Crippen molar-refractivity contribution in [3.8, 4) is 0 Å². The number of Topliss-reactive ketones (excluding diaryl/α,β-unsaturated/α-hetero) is 1. The van der Waals surface area contributed by atoms with Gasteiger partial charge in [-0.2, -0.15) is 0 Å². The number of carbonyl (C=O) groups excluding carboxylic acids is 2. The maximum absolute atomic E-state index is 12.9. The second-order valence-corrected chi connectivity index (χ2v) is 8.27. The Hall–Kier alpha value is -2.09. The Labute approximate surface area is 162 Å². The van der Waals surface area contributed by atoms with Gasteiger partial charge in [0, 0.05) is 11.6 Å². The van der Waals surface area contributed by atoms with Crippen molar-refractivity contribution in [3.05, 3.63) is 28.4 Å². The van der Waals surface area contributed by atoms with Crippen molar-refractivity contribution in [2.45, 2.75) is 69.3 Å². The molecule has 0 unspecified atom stereocenters. The van der Waals surface area contributed by atoms with Gasteiger partial charge in [-0.15, -0.1) is 10.2 Å². The Balaban J connectivity index is 1.71. The zero-order valence-corrected chi connectivity index (χ0v) is 16.9. The van der Waals surface area contributed by atoms with Gasteiger partial charge in [0.1, 0.15) is 0 Å². The van der Waals surface area contributed by atoms with E-state index in [1.54, 1.807) is 20.8 Å². The van der Waals surface area contributed by atoms with Crippen LogP contribution in [0.3, 0.4) is 0 Å². The number of hydrogen-bond donors (Lipinski definition) is 1. The van der Waals surface area contributed by atoms with Gasteiger partial charge in [-0.25, -0.2) is 4.79 Å². The topological polar surface area (TPSA) is 98.1 Å². The van der Waals surface area contributed by atoms with Gasteiger partial charge in [-0.05, 0) is 39.2 Å². The van der Waals surface area contributed by atoms with Gasteiger partial charge < -0.3 is 14.1 Å². The maximum atomic E-state index is 12.9. The molecule has 1 aliphatic carbocycles. The summed E-state index contributed by atoms with van der Waals surface area (Å²) in [7, 11) is 1.33. The smallest absolute Gasteiger partial charge is 0.339 e. The molecule has 0 saturated heterocycles. The predicted octanol–water partition coefficient (Wildman–Crippen LogP) is 4.21. The molecule has 1 N–H and O–H groups in total. The molecule has 8 heteroatoms. The van der Waals surface area contributed by atoms with E-state index in [2.05, 4.69) is 15.2 Å². The second kappa shape index (κ2) is 8.29. The van der Waals surface area contributed by atoms with Crippen LogP contribution in [0, 0.1) is 13.8 Å². The number of carbonyl (C=O) groups is 2. The fraction of sp³-hybridized carbons (Fsp3) is 0.579. The summed E-state index contributed by atoms with van der Waals surface area (Å²) in [6.45, 7) is 5.29. The van der Waals surface area contributed by atoms with Crippen LogP contribution < -0.4 is 0 Å². The van der Waals surface area contributed by atoms with Crippen molar-refractivity contribution in [2.24, 2.45) is 0 Å². The minimum atomic E-state index is -0.449. The Kier molecular flexibility index (Phi) is 6.04. The quantitative estimate of drug-likeness (QED) is 0.447. The summed E-state index contributed by atoms with van der Waals surface area (Å²) >= 11 is 1.24. The summed E-state index contributed by atoms with van der Waals surface area (Å²) < 4.78 is 10.6. The van der Waals surface area contributed by atoms with Crippen molar-refractivity contribution >= 4 is 23.5 Å². The number of ketones is 1. The molecule has 1 aliphatic rings. The molecule has 146 valence electrons. The van der Waals surface area contributed by atoms with E-state index in [0.717, 1.165) is 12.8 Å². The average Bonchev–Trinajstić information content (AvgIpc) is 3.25. The number of H-pyrrole nitrogens is 1. The van der Waals surface area contributed by atoms with Crippen LogP contribution in [-0.2, 0) is 4.74 Å². The molecule has 0 spiro atoms. The molecule has 27 heavy (non-hydrogen) atoms. The minimum Gasteiger partial charge on any atom is -0.465 e.